The van der Waals surface area contributed by atoms with Gasteiger partial charge in [-0.2, -0.15) is 0 Å². The molecule has 4 rings (SSSR count). The third-order valence-corrected chi connectivity index (χ3v) is 26.3. The normalized spacial score (nSPS) is 36.9. The SMILES string of the molecule is CC1CCCC1.CCC1O[Si](C)(C)CCC[Si]2(CN(C)[C@@H](C)C3CCCC3C)CCC[Si](C)(C)OC(CC)C1(C)O[Si](C)(C)CCC2.[Fe]. The fraction of sp³-hybridized carbons (Fsp3) is 1.00. The Morgan fingerprint density at radius 2 is 1.12 bits per heavy atom. The van der Waals surface area contributed by atoms with Crippen molar-refractivity contribution >= 4 is 33.0 Å². The first kappa shape index (κ1) is 45.4. The minimum absolute atomic E-state index is 0. The third-order valence-electron chi connectivity index (χ3n) is 13.4. The van der Waals surface area contributed by atoms with E-state index in [4.69, 9.17) is 13.3 Å². The summed E-state index contributed by atoms with van der Waals surface area (Å²) in [7, 11) is -4.73. The number of nitrogens with zero attached hydrogens (tertiary/aromatic N) is 1. The summed E-state index contributed by atoms with van der Waals surface area (Å²) in [6.07, 6.45) is 18.0. The van der Waals surface area contributed by atoms with Crippen molar-refractivity contribution in [3.63, 3.8) is 0 Å². The molecule has 0 aromatic heterocycles. The van der Waals surface area contributed by atoms with E-state index in [0.717, 1.165) is 30.6 Å². The quantitative estimate of drug-likeness (QED) is 0.251. The van der Waals surface area contributed by atoms with Crippen LogP contribution in [0.5, 0.6) is 0 Å². The summed E-state index contributed by atoms with van der Waals surface area (Å²) < 4.78 is 22.1. The zero-order chi connectivity index (χ0) is 35.1. The minimum Gasteiger partial charge on any atom is -0.411 e. The molecule has 0 spiro atoms. The summed E-state index contributed by atoms with van der Waals surface area (Å²) in [5, 5.41) is 0. The summed E-state index contributed by atoms with van der Waals surface area (Å²) in [6, 6.07) is 9.00. The standard InChI is InChI=1S/C33H71NO3Si4.C6H12.Fe/c1-13-31-33(5)32(14-2)36-39(9,10)22-17-25-41(24-16-21-38(7,8)35-31,26-18-23-40(11,12)37-33)27-34(6)29(4)30-20-15-19-28(30)3;1-6-4-2-3-5-6;/h28-32H,13-27H2,1-12H3;6H,2-5H2,1H3;/t28?,29-,30?,31?,32?,33?,41?;;/m0../s1. The van der Waals surface area contributed by atoms with Crippen LogP contribution in [0.3, 0.4) is 0 Å². The van der Waals surface area contributed by atoms with E-state index in [9.17, 15) is 0 Å². The van der Waals surface area contributed by atoms with Crippen molar-refractivity contribution in [2.45, 2.75) is 218 Å². The van der Waals surface area contributed by atoms with E-state index in [1.165, 1.54) is 107 Å². The predicted molar refractivity (Wildman–Crippen MR) is 217 cm³/mol. The van der Waals surface area contributed by atoms with Crippen molar-refractivity contribution in [2.75, 3.05) is 13.2 Å². The monoisotopic (exact) mass is 781 g/mol. The summed E-state index contributed by atoms with van der Waals surface area (Å²) in [5.41, 5.74) is -0.377. The van der Waals surface area contributed by atoms with Gasteiger partial charge < -0.3 is 18.2 Å². The Bertz CT molecular complexity index is 899. The van der Waals surface area contributed by atoms with E-state index in [2.05, 4.69) is 92.8 Å². The fourth-order valence-electron chi connectivity index (χ4n) is 10.4. The molecule has 0 N–H and O–H groups in total. The van der Waals surface area contributed by atoms with Gasteiger partial charge in [0, 0.05) is 23.1 Å². The largest absolute Gasteiger partial charge is 0.411 e. The summed E-state index contributed by atoms with van der Waals surface area (Å²) in [4.78, 5) is 2.86. The maximum absolute atomic E-state index is 7.50. The Morgan fingerprint density at radius 3 is 1.50 bits per heavy atom. The zero-order valence-corrected chi connectivity index (χ0v) is 39.5. The molecule has 0 aromatic rings. The maximum Gasteiger partial charge on any atom is 0.187 e. The topological polar surface area (TPSA) is 30.9 Å². The molecule has 2 aliphatic carbocycles. The van der Waals surface area contributed by atoms with Crippen LogP contribution >= 0.6 is 0 Å². The smallest absolute Gasteiger partial charge is 0.187 e. The first-order valence-corrected chi connectivity index (χ1v) is 32.8. The van der Waals surface area contributed by atoms with Crippen LogP contribution in [0.25, 0.3) is 0 Å². The Labute approximate surface area is 315 Å². The second kappa shape index (κ2) is 19.5. The molecular weight excluding hydrogens is 699 g/mol. The number of fused-ring (bicyclic) bond motifs is 6. The molecule has 286 valence electrons. The van der Waals surface area contributed by atoms with Gasteiger partial charge in [0.1, 0.15) is 5.60 Å². The van der Waals surface area contributed by atoms with Crippen LogP contribution < -0.4 is 0 Å². The predicted octanol–water partition coefficient (Wildman–Crippen LogP) is 12.1. The van der Waals surface area contributed by atoms with Gasteiger partial charge in [-0.1, -0.05) is 104 Å². The van der Waals surface area contributed by atoms with Crippen LogP contribution in [0.2, 0.25) is 75.5 Å². The molecule has 2 bridgehead atoms. The Morgan fingerprint density at radius 1 is 0.667 bits per heavy atom. The maximum atomic E-state index is 7.50. The Hall–Kier alpha value is 1.23. The molecular formula is C39H83FeNO3Si4. The third kappa shape index (κ3) is 13.3. The van der Waals surface area contributed by atoms with E-state index in [-0.39, 0.29) is 34.9 Å². The minimum atomic E-state index is -1.94. The molecule has 0 aromatic carbocycles. The molecule has 4 aliphatic rings. The second-order valence-corrected chi connectivity index (χ2v) is 36.8. The van der Waals surface area contributed by atoms with Crippen LogP contribution in [0.4, 0.5) is 0 Å². The van der Waals surface area contributed by atoms with Crippen molar-refractivity contribution < 1.29 is 30.3 Å². The van der Waals surface area contributed by atoms with Crippen molar-refractivity contribution in [1.29, 1.82) is 0 Å². The van der Waals surface area contributed by atoms with Crippen molar-refractivity contribution in [2.24, 2.45) is 17.8 Å². The first-order valence-electron chi connectivity index (χ1n) is 20.6. The summed E-state index contributed by atoms with van der Waals surface area (Å²) in [5.74, 6) is 2.81. The average Bonchev–Trinajstić information content (AvgIpc) is 3.63. The molecule has 4 unspecified atom stereocenters. The molecule has 48 heavy (non-hydrogen) atoms. The molecule has 9 heteroatoms. The average molecular weight is 782 g/mol. The number of hydrogen-bond acceptors (Lipinski definition) is 4. The van der Waals surface area contributed by atoms with E-state index in [1.807, 2.05) is 0 Å². The first-order chi connectivity index (χ1) is 21.9. The van der Waals surface area contributed by atoms with Gasteiger partial charge in [-0.15, -0.1) is 0 Å². The number of rotatable bonds is 6. The van der Waals surface area contributed by atoms with Gasteiger partial charge >= 0.3 is 0 Å². The molecule has 2 saturated heterocycles. The van der Waals surface area contributed by atoms with E-state index in [1.54, 1.807) is 0 Å². The molecule has 2 heterocycles. The van der Waals surface area contributed by atoms with Crippen LogP contribution in [0.15, 0.2) is 0 Å². The van der Waals surface area contributed by atoms with E-state index < -0.39 is 33.0 Å². The molecule has 2 aliphatic heterocycles. The zero-order valence-electron chi connectivity index (χ0n) is 34.4. The van der Waals surface area contributed by atoms with E-state index >= 15 is 0 Å². The Balaban J connectivity index is 0.00000103. The van der Waals surface area contributed by atoms with Gasteiger partial charge in [-0.05, 0) is 121 Å². The molecule has 0 radical (unpaired) electrons. The molecule has 5 atom stereocenters. The summed E-state index contributed by atoms with van der Waals surface area (Å²) in [6.45, 7) is 29.4. The van der Waals surface area contributed by atoms with Crippen LogP contribution in [-0.4, -0.2) is 75.0 Å². The van der Waals surface area contributed by atoms with Crippen molar-refractivity contribution in [3.05, 3.63) is 0 Å². The van der Waals surface area contributed by atoms with Gasteiger partial charge in [0.2, 0.25) is 0 Å². The molecule has 4 fully saturated rings. The van der Waals surface area contributed by atoms with Crippen LogP contribution in [-0.2, 0) is 30.3 Å². The van der Waals surface area contributed by atoms with Crippen LogP contribution in [0, 0.1) is 17.8 Å². The molecule has 4 nitrogen and oxygen atoms in total. The summed E-state index contributed by atoms with van der Waals surface area (Å²) >= 11 is 0. The van der Waals surface area contributed by atoms with Gasteiger partial charge in [0.15, 0.2) is 25.0 Å². The molecule has 0 amide bonds. The van der Waals surface area contributed by atoms with Gasteiger partial charge in [0.05, 0.1) is 20.3 Å². The van der Waals surface area contributed by atoms with Crippen LogP contribution in [0.1, 0.15) is 119 Å². The fourth-order valence-corrected chi connectivity index (χ4v) is 24.0. The van der Waals surface area contributed by atoms with Crippen molar-refractivity contribution in [1.82, 2.24) is 4.90 Å². The van der Waals surface area contributed by atoms with E-state index in [0.29, 0.717) is 6.04 Å². The van der Waals surface area contributed by atoms with Crippen molar-refractivity contribution in [3.8, 4) is 0 Å². The molecule has 2 saturated carbocycles. The Kier molecular flexibility index (Phi) is 18.5. The van der Waals surface area contributed by atoms with Gasteiger partial charge in [0.25, 0.3) is 0 Å². The van der Waals surface area contributed by atoms with Gasteiger partial charge in [-0.3, -0.25) is 0 Å². The number of hydrogen-bond donors (Lipinski definition) is 0. The van der Waals surface area contributed by atoms with Gasteiger partial charge in [-0.25, -0.2) is 0 Å². The second-order valence-electron chi connectivity index (χ2n) is 19.3.